The highest BCUT2D eigenvalue weighted by Crippen LogP contribution is 2.51. The molecule has 0 aromatic heterocycles. The van der Waals surface area contributed by atoms with E-state index in [0.717, 1.165) is 13.0 Å². The Hall–Kier alpha value is -0.240. The third kappa shape index (κ3) is 3.16. The average molecular weight is 218 g/mol. The molecule has 0 saturated heterocycles. The minimum absolute atomic E-state index is 0.151. The number of hydrogen-bond donors (Lipinski definition) is 1. The van der Waals surface area contributed by atoms with Gasteiger partial charge < -0.3 is 5.32 Å². The largest absolute Gasteiger partial charge is 0.356 e. The number of hydrogen-bond acceptors (Lipinski definition) is 1. The predicted molar refractivity (Wildman–Crippen MR) is 59.5 cm³/mol. The lowest BCUT2D eigenvalue weighted by Crippen LogP contribution is -2.32. The second-order valence-corrected chi connectivity index (χ2v) is 4.96. The first-order valence-electron chi connectivity index (χ1n) is 5.43. The summed E-state index contributed by atoms with van der Waals surface area (Å²) < 4.78 is 0. The Bertz CT molecular complexity index is 199. The standard InChI is InChI=1S/C11H20ClNO/c1-9(2)11(5-6-11)8-13-10(14)4-3-7-12/h9H,3-8H2,1-2H3,(H,13,14). The van der Waals surface area contributed by atoms with Crippen LogP contribution in [0.4, 0.5) is 0 Å². The van der Waals surface area contributed by atoms with Crippen molar-refractivity contribution in [3.63, 3.8) is 0 Å². The summed E-state index contributed by atoms with van der Waals surface area (Å²) in [5, 5.41) is 3.00. The van der Waals surface area contributed by atoms with Gasteiger partial charge in [0.15, 0.2) is 0 Å². The molecular weight excluding hydrogens is 198 g/mol. The molecule has 0 aromatic carbocycles. The van der Waals surface area contributed by atoms with Crippen molar-refractivity contribution in [1.29, 1.82) is 0 Å². The quantitative estimate of drug-likeness (QED) is 0.681. The zero-order chi connectivity index (χ0) is 10.6. The molecule has 1 aliphatic rings. The van der Waals surface area contributed by atoms with Gasteiger partial charge in [0.25, 0.3) is 0 Å². The lowest BCUT2D eigenvalue weighted by molar-refractivity contribution is -0.121. The molecule has 1 amide bonds. The lowest BCUT2D eigenvalue weighted by atomic mass is 9.92. The lowest BCUT2D eigenvalue weighted by Gasteiger charge is -2.19. The van der Waals surface area contributed by atoms with Crippen LogP contribution in [-0.2, 0) is 4.79 Å². The molecule has 0 unspecified atom stereocenters. The van der Waals surface area contributed by atoms with Gasteiger partial charge >= 0.3 is 0 Å². The molecule has 0 atom stereocenters. The van der Waals surface area contributed by atoms with Gasteiger partial charge in [0.1, 0.15) is 0 Å². The molecule has 0 spiro atoms. The highest BCUT2D eigenvalue weighted by atomic mass is 35.5. The Morgan fingerprint density at radius 2 is 2.14 bits per heavy atom. The molecule has 1 aliphatic carbocycles. The number of rotatable bonds is 6. The maximum atomic E-state index is 11.3. The van der Waals surface area contributed by atoms with Crippen LogP contribution < -0.4 is 5.32 Å². The van der Waals surface area contributed by atoms with Crippen LogP contribution in [0.3, 0.4) is 0 Å². The van der Waals surface area contributed by atoms with E-state index in [1.165, 1.54) is 12.8 Å². The Balaban J connectivity index is 2.17. The number of carbonyl (C=O) groups excluding carboxylic acids is 1. The van der Waals surface area contributed by atoms with E-state index in [4.69, 9.17) is 11.6 Å². The Kier molecular flexibility index (Phi) is 4.24. The molecule has 1 rings (SSSR count). The van der Waals surface area contributed by atoms with E-state index < -0.39 is 0 Å². The highest BCUT2D eigenvalue weighted by molar-refractivity contribution is 6.17. The van der Waals surface area contributed by atoms with Crippen LogP contribution in [-0.4, -0.2) is 18.3 Å². The van der Waals surface area contributed by atoms with Crippen molar-refractivity contribution in [3.05, 3.63) is 0 Å². The highest BCUT2D eigenvalue weighted by Gasteiger charge is 2.45. The van der Waals surface area contributed by atoms with Crippen LogP contribution in [0.1, 0.15) is 39.5 Å². The molecule has 0 aromatic rings. The monoisotopic (exact) mass is 217 g/mol. The van der Waals surface area contributed by atoms with E-state index in [1.807, 2.05) is 0 Å². The first-order valence-corrected chi connectivity index (χ1v) is 5.97. The van der Waals surface area contributed by atoms with Crippen LogP contribution in [0.25, 0.3) is 0 Å². The van der Waals surface area contributed by atoms with Gasteiger partial charge in [0, 0.05) is 18.8 Å². The molecule has 1 saturated carbocycles. The van der Waals surface area contributed by atoms with Crippen LogP contribution in [0.15, 0.2) is 0 Å². The number of halogens is 1. The predicted octanol–water partition coefficient (Wildman–Crippen LogP) is 2.56. The SMILES string of the molecule is CC(C)C1(CNC(=O)CCCCl)CC1. The fourth-order valence-electron chi connectivity index (χ4n) is 1.71. The summed E-state index contributed by atoms with van der Waals surface area (Å²) in [7, 11) is 0. The Morgan fingerprint density at radius 1 is 1.50 bits per heavy atom. The third-order valence-electron chi connectivity index (χ3n) is 3.29. The van der Waals surface area contributed by atoms with Crippen LogP contribution in [0, 0.1) is 11.3 Å². The molecule has 14 heavy (non-hydrogen) atoms. The van der Waals surface area contributed by atoms with Crippen molar-refractivity contribution in [3.8, 4) is 0 Å². The molecule has 0 heterocycles. The maximum absolute atomic E-state index is 11.3. The van der Waals surface area contributed by atoms with Gasteiger partial charge in [-0.25, -0.2) is 0 Å². The van der Waals surface area contributed by atoms with Crippen molar-refractivity contribution in [2.45, 2.75) is 39.5 Å². The van der Waals surface area contributed by atoms with Gasteiger partial charge in [-0.05, 0) is 30.6 Å². The molecule has 82 valence electrons. The number of carbonyl (C=O) groups is 1. The van der Waals surface area contributed by atoms with Gasteiger partial charge in [0.05, 0.1) is 0 Å². The summed E-state index contributed by atoms with van der Waals surface area (Å²) in [6, 6.07) is 0. The van der Waals surface area contributed by atoms with Gasteiger partial charge in [-0.3, -0.25) is 4.79 Å². The number of nitrogens with one attached hydrogen (secondary N) is 1. The van der Waals surface area contributed by atoms with E-state index in [9.17, 15) is 4.79 Å². The number of amides is 1. The second kappa shape index (κ2) is 5.01. The minimum atomic E-state index is 0.151. The molecule has 0 radical (unpaired) electrons. The molecule has 1 fully saturated rings. The summed E-state index contributed by atoms with van der Waals surface area (Å²) in [6.07, 6.45) is 3.88. The summed E-state index contributed by atoms with van der Waals surface area (Å²) in [5.74, 6) is 1.40. The van der Waals surface area contributed by atoms with Gasteiger partial charge in [-0.2, -0.15) is 0 Å². The second-order valence-electron chi connectivity index (χ2n) is 4.59. The average Bonchev–Trinajstić information content (AvgIpc) is 2.92. The fourth-order valence-corrected chi connectivity index (χ4v) is 1.84. The van der Waals surface area contributed by atoms with Gasteiger partial charge in [0.2, 0.25) is 5.91 Å². The Labute approximate surface area is 91.4 Å². The summed E-state index contributed by atoms with van der Waals surface area (Å²) in [5.41, 5.74) is 0.413. The van der Waals surface area contributed by atoms with Crippen molar-refractivity contribution < 1.29 is 4.79 Å². The number of alkyl halides is 1. The first-order chi connectivity index (χ1) is 6.60. The van der Waals surface area contributed by atoms with Crippen molar-refractivity contribution in [1.82, 2.24) is 5.32 Å². The zero-order valence-electron chi connectivity index (χ0n) is 9.11. The van der Waals surface area contributed by atoms with E-state index in [-0.39, 0.29) is 5.91 Å². The Morgan fingerprint density at radius 3 is 2.57 bits per heavy atom. The summed E-state index contributed by atoms with van der Waals surface area (Å²) in [4.78, 5) is 11.3. The summed E-state index contributed by atoms with van der Waals surface area (Å²) >= 11 is 5.52. The van der Waals surface area contributed by atoms with Gasteiger partial charge in [-0.15, -0.1) is 11.6 Å². The van der Waals surface area contributed by atoms with Gasteiger partial charge in [-0.1, -0.05) is 13.8 Å². The molecule has 2 nitrogen and oxygen atoms in total. The molecule has 0 bridgehead atoms. The fraction of sp³-hybridized carbons (Fsp3) is 0.909. The first kappa shape index (κ1) is 11.8. The maximum Gasteiger partial charge on any atom is 0.220 e. The topological polar surface area (TPSA) is 29.1 Å². The van der Waals surface area contributed by atoms with Crippen LogP contribution in [0.2, 0.25) is 0 Å². The summed E-state index contributed by atoms with van der Waals surface area (Å²) in [6.45, 7) is 5.32. The van der Waals surface area contributed by atoms with E-state index in [1.54, 1.807) is 0 Å². The third-order valence-corrected chi connectivity index (χ3v) is 3.56. The molecular formula is C11H20ClNO. The molecule has 3 heteroatoms. The smallest absolute Gasteiger partial charge is 0.220 e. The zero-order valence-corrected chi connectivity index (χ0v) is 9.86. The van der Waals surface area contributed by atoms with Crippen molar-refractivity contribution in [2.75, 3.05) is 12.4 Å². The molecule has 1 N–H and O–H groups in total. The van der Waals surface area contributed by atoms with Crippen LogP contribution >= 0.6 is 11.6 Å². The molecule has 0 aliphatic heterocycles. The van der Waals surface area contributed by atoms with E-state index in [0.29, 0.717) is 23.6 Å². The van der Waals surface area contributed by atoms with Crippen molar-refractivity contribution in [2.24, 2.45) is 11.3 Å². The minimum Gasteiger partial charge on any atom is -0.356 e. The normalized spacial score (nSPS) is 18.3. The van der Waals surface area contributed by atoms with E-state index in [2.05, 4.69) is 19.2 Å². The van der Waals surface area contributed by atoms with Crippen LogP contribution in [0.5, 0.6) is 0 Å². The van der Waals surface area contributed by atoms with E-state index >= 15 is 0 Å². The van der Waals surface area contributed by atoms with Crippen molar-refractivity contribution >= 4 is 17.5 Å².